The van der Waals surface area contributed by atoms with Crippen molar-refractivity contribution in [3.05, 3.63) is 94.5 Å². The smallest absolute Gasteiger partial charge is 0.632 e. The SMILES string of the molecule is COC([NH-])=O.COC([NH-])=O.O=[C-]Pc1nc2c([nH]1)CCc1c-2ccc2c1CCc1cc3cc(-c4ccc5nc(P[C-]=O)[nH]c5c4)ccc3cc1-2.[V+2].[V+2]. The predicted molar refractivity (Wildman–Crippen MR) is 198 cm³/mol. The van der Waals surface area contributed by atoms with Crippen molar-refractivity contribution in [1.82, 2.24) is 19.9 Å². The third kappa shape index (κ3) is 8.67. The Labute approximate surface area is 326 Å². The van der Waals surface area contributed by atoms with Crippen LogP contribution in [0.25, 0.3) is 66.8 Å². The summed E-state index contributed by atoms with van der Waals surface area (Å²) in [6.07, 6.45) is 1.95. The summed E-state index contributed by atoms with van der Waals surface area (Å²) in [5.74, 6) is 0. The zero-order chi connectivity index (χ0) is 35.4. The van der Waals surface area contributed by atoms with Crippen LogP contribution >= 0.6 is 17.2 Å². The van der Waals surface area contributed by atoms with E-state index < -0.39 is 12.2 Å². The molecule has 4 aromatic carbocycles. The molecule has 0 saturated carbocycles. The molecule has 2 unspecified atom stereocenters. The quantitative estimate of drug-likeness (QED) is 0.138. The van der Waals surface area contributed by atoms with E-state index in [-0.39, 0.29) is 54.3 Å². The van der Waals surface area contributed by atoms with E-state index in [4.69, 9.17) is 16.5 Å². The number of aryl methyl sites for hydroxylation is 2. The molecule has 6 aromatic rings. The molecule has 52 heavy (non-hydrogen) atoms. The van der Waals surface area contributed by atoms with Gasteiger partial charge in [-0.3, -0.25) is 9.59 Å². The van der Waals surface area contributed by atoms with Crippen molar-refractivity contribution in [3.8, 4) is 33.5 Å². The molecule has 2 aliphatic rings. The standard InChI is InChI=1S/C32H22N4O2P2.2C2H5NO2.2V/c37-15-39-31-33-27-9-4-19(14-29(27)35-31)17-1-2-18-13-26-20(12-21(18)11-17)3-5-22-23-8-10-28-30(25(23)7-6-24(22)26)36-32(34-28)40-16-38;2*1-5-2(3)4;;/h1-2,4,6-7,9,11-14,39-40H,3,5,8,10H2,(H,33,35)(H,34,36);2*1H3,(H2,3,4);;/q-2;;;2*+2/p-2. The monoisotopic (exact) mass is 806 g/mol. The Balaban J connectivity index is 0.000000450. The van der Waals surface area contributed by atoms with Crippen LogP contribution in [0, 0.1) is 0 Å². The van der Waals surface area contributed by atoms with Gasteiger partial charge >= 0.3 is 37.1 Å². The van der Waals surface area contributed by atoms with E-state index in [0.29, 0.717) is 5.57 Å². The number of ether oxygens (including phenoxy) is 2. The number of aromatic nitrogens is 4. The van der Waals surface area contributed by atoms with Gasteiger partial charge in [-0.2, -0.15) is 17.2 Å². The number of aromatic amines is 2. The van der Waals surface area contributed by atoms with Crippen molar-refractivity contribution >= 4 is 74.3 Å². The molecule has 0 bridgehead atoms. The van der Waals surface area contributed by atoms with E-state index in [0.717, 1.165) is 79.0 Å². The van der Waals surface area contributed by atoms with Gasteiger partial charge in [-0.15, -0.1) is 0 Å². The Bertz CT molecular complexity index is 2280. The van der Waals surface area contributed by atoms with Crippen LogP contribution in [0.5, 0.6) is 0 Å². The van der Waals surface area contributed by atoms with Crippen LogP contribution in [-0.4, -0.2) is 58.4 Å². The molecule has 16 heteroatoms. The van der Waals surface area contributed by atoms with Gasteiger partial charge in [0.2, 0.25) is 12.2 Å². The molecule has 2 aliphatic carbocycles. The number of nitrogens with zero attached hydrogens (tertiary/aromatic N) is 2. The molecule has 2 amide bonds. The van der Waals surface area contributed by atoms with Crippen molar-refractivity contribution < 1.29 is 65.8 Å². The average Bonchev–Trinajstić information content (AvgIpc) is 3.74. The molecule has 2 heterocycles. The Morgan fingerprint density at radius 3 is 1.96 bits per heavy atom. The second-order valence-corrected chi connectivity index (χ2v) is 13.2. The molecule has 2 aromatic heterocycles. The van der Waals surface area contributed by atoms with Gasteiger partial charge in [-0.25, -0.2) is 22.0 Å². The molecular weight excluding hydrogens is 776 g/mol. The van der Waals surface area contributed by atoms with Gasteiger partial charge in [0.15, 0.2) is 0 Å². The number of hydrogen-bond donors (Lipinski definition) is 2. The number of rotatable bonds is 5. The fourth-order valence-electron chi connectivity index (χ4n) is 6.45. The first-order valence-electron chi connectivity index (χ1n) is 15.4. The Morgan fingerprint density at radius 1 is 0.692 bits per heavy atom. The first-order valence-corrected chi connectivity index (χ1v) is 17.4. The molecule has 0 saturated heterocycles. The van der Waals surface area contributed by atoms with Gasteiger partial charge in [0.1, 0.15) is 0 Å². The molecule has 4 N–H and O–H groups in total. The van der Waals surface area contributed by atoms with E-state index in [1.54, 1.807) is 0 Å². The molecular formula is C36H30N6O6P2V2. The zero-order valence-corrected chi connectivity index (χ0v) is 32.6. The second kappa shape index (κ2) is 18.0. The summed E-state index contributed by atoms with van der Waals surface area (Å²) in [6.45, 7) is 0. The van der Waals surface area contributed by atoms with Gasteiger partial charge in [0.25, 0.3) is 0 Å². The van der Waals surface area contributed by atoms with Crippen molar-refractivity contribution in [2.45, 2.75) is 25.7 Å². The van der Waals surface area contributed by atoms with Crippen LogP contribution in [0.15, 0.2) is 60.7 Å². The van der Waals surface area contributed by atoms with E-state index >= 15 is 0 Å². The minimum absolute atomic E-state index is 0. The molecule has 2 atom stereocenters. The predicted octanol–water partition coefficient (Wildman–Crippen LogP) is 6.98. The summed E-state index contributed by atoms with van der Waals surface area (Å²) in [5, 5.41) is 2.47. The van der Waals surface area contributed by atoms with E-state index in [9.17, 15) is 19.2 Å². The first-order chi connectivity index (χ1) is 24.2. The maximum atomic E-state index is 10.9. The topological polar surface area (TPSA) is 192 Å². The van der Waals surface area contributed by atoms with Crippen molar-refractivity contribution in [2.75, 3.05) is 14.2 Å². The normalized spacial score (nSPS) is 12.1. The zero-order valence-electron chi connectivity index (χ0n) is 27.8. The number of fused-ring (bicyclic) bond motifs is 9. The maximum Gasteiger partial charge on any atom is 2.00 e. The maximum absolute atomic E-state index is 10.9. The average molecular weight is 807 g/mol. The van der Waals surface area contributed by atoms with Crippen LogP contribution in [-0.2, 0) is 81.9 Å². The van der Waals surface area contributed by atoms with Gasteiger partial charge in [-0.05, 0) is 99.7 Å². The number of nitrogens with one attached hydrogen (secondary N) is 4. The minimum Gasteiger partial charge on any atom is -0.632 e. The van der Waals surface area contributed by atoms with Gasteiger partial charge in [0.05, 0.1) is 42.1 Å². The third-order valence-corrected chi connectivity index (χ3v) is 9.76. The molecule has 260 valence electrons. The fraction of sp³-hybridized carbons (Fsp3) is 0.167. The van der Waals surface area contributed by atoms with Crippen LogP contribution in [0.1, 0.15) is 22.4 Å². The molecule has 8 rings (SSSR count). The number of benzene rings is 4. The molecule has 2 radical (unpaired) electrons. The first kappa shape index (κ1) is 40.5. The number of imidazole rings is 2. The van der Waals surface area contributed by atoms with E-state index in [1.807, 2.05) is 18.1 Å². The van der Waals surface area contributed by atoms with Crippen LogP contribution < -0.4 is 11.1 Å². The van der Waals surface area contributed by atoms with Crippen LogP contribution in [0.3, 0.4) is 0 Å². The van der Waals surface area contributed by atoms with Gasteiger partial charge in [0, 0.05) is 11.3 Å². The minimum atomic E-state index is -0.995. The van der Waals surface area contributed by atoms with Gasteiger partial charge in [-0.1, -0.05) is 36.4 Å². The molecule has 0 aliphatic heterocycles. The van der Waals surface area contributed by atoms with Gasteiger partial charge < -0.3 is 40.5 Å². The number of carbonyl (C=O) groups is 2. The summed E-state index contributed by atoms with van der Waals surface area (Å²) in [4.78, 5) is 56.0. The summed E-state index contributed by atoms with van der Waals surface area (Å²) < 4.78 is 7.56. The summed E-state index contributed by atoms with van der Waals surface area (Å²) >= 11 is 0. The Kier molecular flexibility index (Phi) is 14.0. The Hall–Kier alpha value is -4.27. The fourth-order valence-corrected chi connectivity index (χ4v) is 7.40. The van der Waals surface area contributed by atoms with Crippen molar-refractivity contribution in [1.29, 1.82) is 0 Å². The number of H-pyrrole nitrogens is 2. The largest absolute Gasteiger partial charge is 2.00 e. The summed E-state index contributed by atoms with van der Waals surface area (Å²) in [5.41, 5.74) is 27.6. The third-order valence-electron chi connectivity index (χ3n) is 8.61. The summed E-state index contributed by atoms with van der Waals surface area (Å²) in [6, 6.07) is 26.0. The van der Waals surface area contributed by atoms with E-state index in [1.165, 1.54) is 44.2 Å². The van der Waals surface area contributed by atoms with Crippen molar-refractivity contribution in [3.63, 3.8) is 0 Å². The molecule has 0 spiro atoms. The number of amides is 2. The van der Waals surface area contributed by atoms with Crippen LogP contribution in [0.4, 0.5) is 9.59 Å². The van der Waals surface area contributed by atoms with Crippen LogP contribution in [0.2, 0.25) is 0 Å². The Morgan fingerprint density at radius 2 is 1.29 bits per heavy atom. The molecule has 0 fully saturated rings. The second-order valence-electron chi connectivity index (χ2n) is 11.4. The number of hydrogen-bond acceptors (Lipinski definition) is 8. The number of carbonyl (C=O) groups excluding carboxylic acids is 4. The van der Waals surface area contributed by atoms with E-state index in [2.05, 4.69) is 79.0 Å². The summed E-state index contributed by atoms with van der Waals surface area (Å²) in [7, 11) is 2.18. The number of methoxy groups -OCH3 is 2. The molecule has 12 nitrogen and oxygen atoms in total. The van der Waals surface area contributed by atoms with Crippen molar-refractivity contribution in [2.24, 2.45) is 0 Å².